The van der Waals surface area contributed by atoms with Crippen molar-refractivity contribution in [1.29, 1.82) is 0 Å². The number of anilines is 1. The van der Waals surface area contributed by atoms with E-state index >= 15 is 0 Å². The normalized spacial score (nSPS) is 20.3. The number of amides is 4. The Hall–Kier alpha value is -2.32. The average Bonchev–Trinajstić information content (AvgIpc) is 2.81. The first kappa shape index (κ1) is 21.0. The molecule has 1 aliphatic rings. The van der Waals surface area contributed by atoms with Crippen LogP contribution in [-0.4, -0.2) is 46.9 Å². The molecule has 1 aliphatic heterocycles. The third-order valence-corrected chi connectivity index (χ3v) is 4.77. The lowest BCUT2D eigenvalue weighted by molar-refractivity contribution is -0.155. The van der Waals surface area contributed by atoms with Crippen LogP contribution < -0.4 is 10.6 Å². The third-order valence-electron chi connectivity index (χ3n) is 4.20. The predicted octanol–water partition coefficient (Wildman–Crippen LogP) is 2.58. The van der Waals surface area contributed by atoms with E-state index in [2.05, 4.69) is 10.6 Å². The van der Waals surface area contributed by atoms with Crippen molar-refractivity contribution in [3.8, 4) is 0 Å². The van der Waals surface area contributed by atoms with Crippen molar-refractivity contribution in [2.24, 2.45) is 0 Å². The first-order valence-corrected chi connectivity index (χ1v) is 8.92. The minimum Gasteiger partial charge on any atom is -0.451 e. The number of esters is 1. The number of urea groups is 1. The molecule has 4 amide bonds. The highest BCUT2D eigenvalue weighted by Crippen LogP contribution is 2.25. The molecule has 1 aromatic carbocycles. The molecule has 27 heavy (non-hydrogen) atoms. The standard InChI is InChI=1S/C17H19Cl2N3O5/c1-4-17(3)15(25)22(16(26)21-17)8-13(23)27-9(2)14(24)20-12-7-10(18)5-6-11(12)19/h5-7,9H,4,8H2,1-3H3,(H,20,24)(H,21,26)/t9-,17+/m0/s1. The maximum atomic E-state index is 12.3. The van der Waals surface area contributed by atoms with Crippen LogP contribution in [0.5, 0.6) is 0 Å². The molecule has 1 saturated heterocycles. The highest BCUT2D eigenvalue weighted by molar-refractivity contribution is 6.35. The van der Waals surface area contributed by atoms with Crippen molar-refractivity contribution in [3.63, 3.8) is 0 Å². The Balaban J connectivity index is 1.95. The molecular weight excluding hydrogens is 397 g/mol. The van der Waals surface area contributed by atoms with Gasteiger partial charge >= 0.3 is 12.0 Å². The summed E-state index contributed by atoms with van der Waals surface area (Å²) >= 11 is 11.8. The summed E-state index contributed by atoms with van der Waals surface area (Å²) in [6.45, 7) is 4.08. The fraction of sp³-hybridized carbons (Fsp3) is 0.412. The van der Waals surface area contributed by atoms with Gasteiger partial charge in [0.2, 0.25) is 0 Å². The number of imide groups is 1. The number of hydrogen-bond donors (Lipinski definition) is 2. The van der Waals surface area contributed by atoms with Crippen molar-refractivity contribution in [2.45, 2.75) is 38.8 Å². The Morgan fingerprint density at radius 2 is 2.00 bits per heavy atom. The Kier molecular flexibility index (Phi) is 6.33. The molecule has 0 saturated carbocycles. The summed E-state index contributed by atoms with van der Waals surface area (Å²) in [6.07, 6.45) is -0.798. The van der Waals surface area contributed by atoms with E-state index in [4.69, 9.17) is 27.9 Å². The maximum absolute atomic E-state index is 12.3. The van der Waals surface area contributed by atoms with Crippen molar-refractivity contribution in [1.82, 2.24) is 10.2 Å². The lowest BCUT2D eigenvalue weighted by Gasteiger charge is -2.19. The molecule has 1 fully saturated rings. The smallest absolute Gasteiger partial charge is 0.327 e. The zero-order chi connectivity index (χ0) is 20.4. The van der Waals surface area contributed by atoms with Gasteiger partial charge in [-0.3, -0.25) is 19.3 Å². The number of rotatable bonds is 6. The Morgan fingerprint density at radius 3 is 2.59 bits per heavy atom. The summed E-state index contributed by atoms with van der Waals surface area (Å²) in [6, 6.07) is 3.85. The molecule has 0 radical (unpaired) electrons. The van der Waals surface area contributed by atoms with Gasteiger partial charge in [-0.25, -0.2) is 4.79 Å². The molecular formula is C17H19Cl2N3O5. The SMILES string of the molecule is CC[C@@]1(C)NC(=O)N(CC(=O)O[C@@H](C)C(=O)Nc2cc(Cl)ccc2Cl)C1=O. The van der Waals surface area contributed by atoms with E-state index < -0.39 is 42.0 Å². The number of nitrogens with zero attached hydrogens (tertiary/aromatic N) is 1. The van der Waals surface area contributed by atoms with Crippen LogP contribution in [0.1, 0.15) is 27.2 Å². The molecule has 10 heteroatoms. The van der Waals surface area contributed by atoms with Crippen LogP contribution in [0.25, 0.3) is 0 Å². The second-order valence-corrected chi connectivity index (χ2v) is 7.10. The average molecular weight is 416 g/mol. The molecule has 8 nitrogen and oxygen atoms in total. The van der Waals surface area contributed by atoms with Crippen molar-refractivity contribution < 1.29 is 23.9 Å². The van der Waals surface area contributed by atoms with Crippen LogP contribution in [0.4, 0.5) is 10.5 Å². The number of halogens is 2. The Labute approximate surface area is 166 Å². The van der Waals surface area contributed by atoms with Gasteiger partial charge in [-0.05, 0) is 38.5 Å². The van der Waals surface area contributed by atoms with Crippen molar-refractivity contribution >= 4 is 52.7 Å². The van der Waals surface area contributed by atoms with Crippen LogP contribution in [0, 0.1) is 0 Å². The van der Waals surface area contributed by atoms with E-state index in [1.807, 2.05) is 0 Å². The lowest BCUT2D eigenvalue weighted by Crippen LogP contribution is -2.44. The molecule has 1 heterocycles. The second kappa shape index (κ2) is 8.14. The van der Waals surface area contributed by atoms with Crippen LogP contribution in [0.15, 0.2) is 18.2 Å². The summed E-state index contributed by atoms with van der Waals surface area (Å²) in [5.74, 6) is -2.04. The minimum atomic E-state index is -1.18. The monoisotopic (exact) mass is 415 g/mol. The van der Waals surface area contributed by atoms with Crippen molar-refractivity contribution in [2.75, 3.05) is 11.9 Å². The Morgan fingerprint density at radius 1 is 1.33 bits per heavy atom. The predicted molar refractivity (Wildman–Crippen MR) is 99.6 cm³/mol. The molecule has 2 rings (SSSR count). The van der Waals surface area contributed by atoms with E-state index in [1.54, 1.807) is 19.9 Å². The maximum Gasteiger partial charge on any atom is 0.327 e. The molecule has 0 aromatic heterocycles. The van der Waals surface area contributed by atoms with E-state index in [-0.39, 0.29) is 10.7 Å². The first-order chi connectivity index (χ1) is 12.6. The van der Waals surface area contributed by atoms with Gasteiger partial charge in [0.05, 0.1) is 10.7 Å². The van der Waals surface area contributed by atoms with Gasteiger partial charge in [0.25, 0.3) is 11.8 Å². The Bertz CT molecular complexity index is 801. The van der Waals surface area contributed by atoms with Gasteiger partial charge in [0, 0.05) is 5.02 Å². The molecule has 0 spiro atoms. The summed E-state index contributed by atoms with van der Waals surface area (Å²) < 4.78 is 5.01. The highest BCUT2D eigenvalue weighted by atomic mass is 35.5. The van der Waals surface area contributed by atoms with E-state index in [1.165, 1.54) is 19.1 Å². The van der Waals surface area contributed by atoms with Gasteiger partial charge in [-0.15, -0.1) is 0 Å². The molecule has 146 valence electrons. The topological polar surface area (TPSA) is 105 Å². The number of ether oxygens (including phenoxy) is 1. The fourth-order valence-corrected chi connectivity index (χ4v) is 2.71. The number of hydrogen-bond acceptors (Lipinski definition) is 5. The van der Waals surface area contributed by atoms with Crippen LogP contribution in [-0.2, 0) is 19.1 Å². The van der Waals surface area contributed by atoms with Crippen LogP contribution >= 0.6 is 23.2 Å². The summed E-state index contributed by atoms with van der Waals surface area (Å²) in [5.41, 5.74) is -0.783. The van der Waals surface area contributed by atoms with Gasteiger partial charge in [-0.1, -0.05) is 30.1 Å². The zero-order valence-corrected chi connectivity index (χ0v) is 16.5. The zero-order valence-electron chi connectivity index (χ0n) is 15.0. The molecule has 0 unspecified atom stereocenters. The van der Waals surface area contributed by atoms with Gasteiger partial charge in [0.1, 0.15) is 12.1 Å². The largest absolute Gasteiger partial charge is 0.451 e. The minimum absolute atomic E-state index is 0.268. The van der Waals surface area contributed by atoms with Gasteiger partial charge in [0.15, 0.2) is 6.10 Å². The van der Waals surface area contributed by atoms with Crippen LogP contribution in [0.2, 0.25) is 10.0 Å². The molecule has 2 N–H and O–H groups in total. The lowest BCUT2D eigenvalue weighted by atomic mass is 9.99. The number of nitrogens with one attached hydrogen (secondary N) is 2. The summed E-state index contributed by atoms with van der Waals surface area (Å²) in [7, 11) is 0. The van der Waals surface area contributed by atoms with E-state index in [0.29, 0.717) is 11.4 Å². The van der Waals surface area contributed by atoms with Gasteiger partial charge in [-0.2, -0.15) is 0 Å². The molecule has 2 atom stereocenters. The van der Waals surface area contributed by atoms with E-state index in [0.717, 1.165) is 4.90 Å². The summed E-state index contributed by atoms with van der Waals surface area (Å²) in [4.78, 5) is 49.2. The summed E-state index contributed by atoms with van der Waals surface area (Å²) in [5, 5.41) is 5.67. The van der Waals surface area contributed by atoms with Crippen LogP contribution in [0.3, 0.4) is 0 Å². The number of carbonyl (C=O) groups is 4. The number of carbonyl (C=O) groups excluding carboxylic acids is 4. The molecule has 0 aliphatic carbocycles. The van der Waals surface area contributed by atoms with E-state index in [9.17, 15) is 19.2 Å². The molecule has 1 aromatic rings. The fourth-order valence-electron chi connectivity index (χ4n) is 2.37. The van der Waals surface area contributed by atoms with Gasteiger partial charge < -0.3 is 15.4 Å². The quantitative estimate of drug-likeness (QED) is 0.548. The number of benzene rings is 1. The second-order valence-electron chi connectivity index (χ2n) is 6.25. The highest BCUT2D eigenvalue weighted by Gasteiger charge is 2.47. The first-order valence-electron chi connectivity index (χ1n) is 8.17. The third kappa shape index (κ3) is 4.70. The van der Waals surface area contributed by atoms with Crippen molar-refractivity contribution in [3.05, 3.63) is 28.2 Å². The molecule has 0 bridgehead atoms.